The van der Waals surface area contributed by atoms with E-state index < -0.39 is 6.10 Å². The van der Waals surface area contributed by atoms with Crippen molar-refractivity contribution in [3.63, 3.8) is 0 Å². The molecule has 0 heterocycles. The van der Waals surface area contributed by atoms with E-state index in [1.165, 1.54) is 199 Å². The summed E-state index contributed by atoms with van der Waals surface area (Å²) in [5.41, 5.74) is 0. The van der Waals surface area contributed by atoms with E-state index in [9.17, 15) is 14.4 Å². The quantitative estimate of drug-likeness (QED) is 0.0261. The molecule has 0 fully saturated rings. The van der Waals surface area contributed by atoms with Crippen LogP contribution in [0, 0.1) is 0 Å². The average Bonchev–Trinajstić information content (AvgIpc) is 3.36. The summed E-state index contributed by atoms with van der Waals surface area (Å²) in [5, 5.41) is 0. The fourth-order valence-corrected chi connectivity index (χ4v) is 8.98. The van der Waals surface area contributed by atoms with E-state index in [0.29, 0.717) is 19.3 Å². The van der Waals surface area contributed by atoms with Gasteiger partial charge in [-0.25, -0.2) is 0 Å². The molecule has 0 saturated carbocycles. The highest BCUT2D eigenvalue weighted by atomic mass is 16.6. The average molecular weight is 982 g/mol. The Morgan fingerprint density at radius 2 is 0.557 bits per heavy atom. The van der Waals surface area contributed by atoms with Gasteiger partial charge in [0.2, 0.25) is 0 Å². The van der Waals surface area contributed by atoms with E-state index >= 15 is 0 Å². The summed E-state index contributed by atoms with van der Waals surface area (Å²) in [6, 6.07) is 0. The molecular formula is C64H116O6. The van der Waals surface area contributed by atoms with Crippen molar-refractivity contribution in [2.24, 2.45) is 0 Å². The van der Waals surface area contributed by atoms with Crippen molar-refractivity contribution >= 4 is 17.9 Å². The Labute approximate surface area is 435 Å². The van der Waals surface area contributed by atoms with Crippen LogP contribution in [0.1, 0.15) is 323 Å². The minimum atomic E-state index is -0.777. The predicted octanol–water partition coefficient (Wildman–Crippen LogP) is 20.6. The molecule has 0 rings (SSSR count). The highest BCUT2D eigenvalue weighted by Crippen LogP contribution is 2.17. The number of hydrogen-bond acceptors (Lipinski definition) is 6. The van der Waals surface area contributed by atoms with E-state index in [4.69, 9.17) is 14.2 Å². The van der Waals surface area contributed by atoms with Gasteiger partial charge in [-0.05, 0) is 77.0 Å². The van der Waals surface area contributed by atoms with Gasteiger partial charge in [-0.2, -0.15) is 0 Å². The first kappa shape index (κ1) is 67.4. The highest BCUT2D eigenvalue weighted by Gasteiger charge is 2.19. The molecule has 6 heteroatoms. The SMILES string of the molecule is CC/C=C\C/C=C\C/C=C\CCCCCCCCCCCC(=O)OCC(COC(=O)CCCCCCC/C=C\CCCCCCCCC)OC(=O)CCCCCCCCCCCCCCCCCCC. The fraction of sp³-hybridized carbons (Fsp3) is 0.828. The topological polar surface area (TPSA) is 78.9 Å². The van der Waals surface area contributed by atoms with Crippen LogP contribution < -0.4 is 0 Å². The summed E-state index contributed by atoms with van der Waals surface area (Å²) < 4.78 is 16.9. The molecule has 0 aromatic rings. The van der Waals surface area contributed by atoms with Gasteiger partial charge in [0.05, 0.1) is 0 Å². The van der Waals surface area contributed by atoms with Crippen LogP contribution in [0.3, 0.4) is 0 Å². The van der Waals surface area contributed by atoms with Crippen molar-refractivity contribution < 1.29 is 28.6 Å². The molecule has 0 radical (unpaired) electrons. The number of carbonyl (C=O) groups is 3. The lowest BCUT2D eigenvalue weighted by atomic mass is 10.0. The molecule has 6 nitrogen and oxygen atoms in total. The third-order valence-electron chi connectivity index (χ3n) is 13.6. The number of unbranched alkanes of at least 4 members (excludes halogenated alkanes) is 37. The molecule has 1 unspecified atom stereocenters. The van der Waals surface area contributed by atoms with Gasteiger partial charge in [0.1, 0.15) is 13.2 Å². The minimum absolute atomic E-state index is 0.0752. The molecule has 0 aliphatic heterocycles. The van der Waals surface area contributed by atoms with Crippen LogP contribution in [-0.2, 0) is 28.6 Å². The number of allylic oxidation sites excluding steroid dienone is 8. The van der Waals surface area contributed by atoms with Gasteiger partial charge in [0.25, 0.3) is 0 Å². The van der Waals surface area contributed by atoms with Crippen LogP contribution in [0.15, 0.2) is 48.6 Å². The third-order valence-corrected chi connectivity index (χ3v) is 13.6. The van der Waals surface area contributed by atoms with Crippen LogP contribution >= 0.6 is 0 Å². The zero-order valence-corrected chi connectivity index (χ0v) is 46.8. The van der Waals surface area contributed by atoms with Gasteiger partial charge in [0, 0.05) is 19.3 Å². The highest BCUT2D eigenvalue weighted by molar-refractivity contribution is 5.71. The Morgan fingerprint density at radius 3 is 0.886 bits per heavy atom. The molecule has 0 aromatic carbocycles. The Kier molecular flexibility index (Phi) is 56.7. The second-order valence-corrected chi connectivity index (χ2v) is 20.6. The summed E-state index contributed by atoms with van der Waals surface area (Å²) in [7, 11) is 0. The molecule has 0 amide bonds. The molecule has 0 N–H and O–H groups in total. The molecule has 408 valence electrons. The lowest BCUT2D eigenvalue weighted by Crippen LogP contribution is -2.30. The molecule has 0 spiro atoms. The van der Waals surface area contributed by atoms with Crippen molar-refractivity contribution in [3.8, 4) is 0 Å². The summed E-state index contributed by atoms with van der Waals surface area (Å²) in [6.45, 7) is 6.57. The number of carbonyl (C=O) groups excluding carboxylic acids is 3. The molecule has 0 saturated heterocycles. The second-order valence-electron chi connectivity index (χ2n) is 20.6. The molecule has 70 heavy (non-hydrogen) atoms. The van der Waals surface area contributed by atoms with E-state index in [0.717, 1.165) is 83.5 Å². The van der Waals surface area contributed by atoms with Gasteiger partial charge in [-0.1, -0.05) is 275 Å². The number of rotatable bonds is 56. The van der Waals surface area contributed by atoms with Gasteiger partial charge >= 0.3 is 17.9 Å². The summed E-state index contributed by atoms with van der Waals surface area (Å²) in [4.78, 5) is 38.3. The Balaban J connectivity index is 4.35. The van der Waals surface area contributed by atoms with Crippen LogP contribution in [0.2, 0.25) is 0 Å². The van der Waals surface area contributed by atoms with Crippen LogP contribution in [0.4, 0.5) is 0 Å². The maximum Gasteiger partial charge on any atom is 0.306 e. The summed E-state index contributed by atoms with van der Waals surface area (Å²) in [5.74, 6) is -0.869. The molecule has 0 aromatic heterocycles. The molecule has 0 aliphatic rings. The van der Waals surface area contributed by atoms with Crippen molar-refractivity contribution in [1.29, 1.82) is 0 Å². The van der Waals surface area contributed by atoms with Gasteiger partial charge in [-0.15, -0.1) is 0 Å². The summed E-state index contributed by atoms with van der Waals surface area (Å²) in [6.07, 6.45) is 72.5. The van der Waals surface area contributed by atoms with Crippen molar-refractivity contribution in [1.82, 2.24) is 0 Å². The second kappa shape index (κ2) is 58.9. The zero-order valence-electron chi connectivity index (χ0n) is 46.8. The number of hydrogen-bond donors (Lipinski definition) is 0. The normalized spacial score (nSPS) is 12.3. The largest absolute Gasteiger partial charge is 0.462 e. The number of ether oxygens (including phenoxy) is 3. The predicted molar refractivity (Wildman–Crippen MR) is 302 cm³/mol. The smallest absolute Gasteiger partial charge is 0.306 e. The van der Waals surface area contributed by atoms with Crippen LogP contribution in [0.5, 0.6) is 0 Å². The minimum Gasteiger partial charge on any atom is -0.462 e. The maximum absolute atomic E-state index is 12.9. The van der Waals surface area contributed by atoms with Crippen molar-refractivity contribution in [2.75, 3.05) is 13.2 Å². The first-order valence-corrected chi connectivity index (χ1v) is 30.6. The zero-order chi connectivity index (χ0) is 50.7. The van der Waals surface area contributed by atoms with E-state index in [2.05, 4.69) is 69.4 Å². The van der Waals surface area contributed by atoms with Crippen LogP contribution in [-0.4, -0.2) is 37.2 Å². The Bertz CT molecular complexity index is 1220. The maximum atomic E-state index is 12.9. The molecule has 0 bridgehead atoms. The standard InChI is InChI=1S/C64H116O6/c1-4-7-10-13-16-19-22-25-28-31-32-34-36-39-42-45-48-51-54-57-63(66)69-60-61(59-68-62(65)56-53-50-47-44-41-38-35-30-27-24-21-18-15-12-9-6-3)70-64(67)58-55-52-49-46-43-40-37-33-29-26-23-20-17-14-11-8-5-2/h7,10,16,19,25,28,30,35,61H,4-6,8-9,11-15,17-18,20-24,26-27,29,31-34,36-60H2,1-3H3/b10-7-,19-16-,28-25-,35-30-. The van der Waals surface area contributed by atoms with E-state index in [-0.39, 0.29) is 31.1 Å². The Morgan fingerprint density at radius 1 is 0.300 bits per heavy atom. The lowest BCUT2D eigenvalue weighted by molar-refractivity contribution is -0.167. The van der Waals surface area contributed by atoms with Gasteiger partial charge in [-0.3, -0.25) is 14.4 Å². The van der Waals surface area contributed by atoms with Crippen molar-refractivity contribution in [2.45, 2.75) is 329 Å². The van der Waals surface area contributed by atoms with E-state index in [1.54, 1.807) is 0 Å². The van der Waals surface area contributed by atoms with Gasteiger partial charge in [0.15, 0.2) is 6.10 Å². The van der Waals surface area contributed by atoms with Crippen molar-refractivity contribution in [3.05, 3.63) is 48.6 Å². The first-order chi connectivity index (χ1) is 34.5. The summed E-state index contributed by atoms with van der Waals surface area (Å²) >= 11 is 0. The van der Waals surface area contributed by atoms with E-state index in [1.807, 2.05) is 0 Å². The third kappa shape index (κ3) is 56.3. The molecule has 1 atom stereocenters. The van der Waals surface area contributed by atoms with Crippen LogP contribution in [0.25, 0.3) is 0 Å². The number of esters is 3. The molecule has 0 aliphatic carbocycles. The Hall–Kier alpha value is -2.63. The first-order valence-electron chi connectivity index (χ1n) is 30.6. The fourth-order valence-electron chi connectivity index (χ4n) is 8.98. The van der Waals surface area contributed by atoms with Gasteiger partial charge < -0.3 is 14.2 Å². The lowest BCUT2D eigenvalue weighted by Gasteiger charge is -2.18. The molecular weight excluding hydrogens is 865 g/mol. The monoisotopic (exact) mass is 981 g/mol.